The van der Waals surface area contributed by atoms with Gasteiger partial charge in [-0.25, -0.2) is 4.79 Å². The lowest BCUT2D eigenvalue weighted by atomic mass is 10.1. The number of carbonyl (C=O) groups excluding carboxylic acids is 2. The number of amides is 2. The van der Waals surface area contributed by atoms with Gasteiger partial charge in [0.15, 0.2) is 0 Å². The maximum Gasteiger partial charge on any atom is 0.410 e. The quantitative estimate of drug-likeness (QED) is 0.691. The molecule has 0 spiro atoms. The molecular weight excluding hydrogens is 398 g/mol. The third kappa shape index (κ3) is 5.54. The number of hydrogen-bond acceptors (Lipinski definition) is 5. The van der Waals surface area contributed by atoms with E-state index in [1.54, 1.807) is 11.8 Å². The largest absolute Gasteiger partial charge is 0.444 e. The molecule has 0 unspecified atom stereocenters. The molecule has 158 valence electrons. The van der Waals surface area contributed by atoms with Crippen molar-refractivity contribution < 1.29 is 14.3 Å². The van der Waals surface area contributed by atoms with Crippen molar-refractivity contribution in [2.75, 3.05) is 31.1 Å². The average Bonchev–Trinajstić information content (AvgIpc) is 2.94. The van der Waals surface area contributed by atoms with E-state index in [1.165, 1.54) is 11.3 Å². The molecule has 8 heteroatoms. The maximum absolute atomic E-state index is 12.3. The van der Waals surface area contributed by atoms with E-state index in [0.717, 1.165) is 10.6 Å². The molecule has 0 bridgehead atoms. The van der Waals surface area contributed by atoms with Gasteiger partial charge in [0.05, 0.1) is 15.4 Å². The number of hydrogen-bond donors (Lipinski definition) is 0. The van der Waals surface area contributed by atoms with Gasteiger partial charge in [0.25, 0.3) is 0 Å². The zero-order valence-corrected chi connectivity index (χ0v) is 19.5. The van der Waals surface area contributed by atoms with Gasteiger partial charge in [-0.05, 0) is 47.6 Å². The molecule has 1 aliphatic rings. The van der Waals surface area contributed by atoms with E-state index < -0.39 is 5.60 Å². The predicted octanol–water partition coefficient (Wildman–Crippen LogP) is 4.78. The monoisotopic (exact) mass is 429 g/mol. The Morgan fingerprint density at radius 2 is 1.75 bits per heavy atom. The Balaban J connectivity index is 2.14. The van der Waals surface area contributed by atoms with Crippen LogP contribution in [0, 0.1) is 0 Å². The second-order valence-corrected chi connectivity index (χ2v) is 10.1. The van der Waals surface area contributed by atoms with Crippen molar-refractivity contribution in [3.8, 4) is 0 Å². The van der Waals surface area contributed by atoms with E-state index in [9.17, 15) is 9.59 Å². The fourth-order valence-electron chi connectivity index (χ4n) is 3.56. The van der Waals surface area contributed by atoms with Gasteiger partial charge < -0.3 is 19.4 Å². The van der Waals surface area contributed by atoms with Crippen molar-refractivity contribution in [2.45, 2.75) is 66.2 Å². The first-order valence-corrected chi connectivity index (χ1v) is 10.9. The smallest absolute Gasteiger partial charge is 0.410 e. The van der Waals surface area contributed by atoms with Gasteiger partial charge in [-0.15, -0.1) is 11.3 Å². The molecule has 1 atom stereocenters. The minimum Gasteiger partial charge on any atom is -0.444 e. The summed E-state index contributed by atoms with van der Waals surface area (Å²) in [5.41, 5.74) is 0.565. The van der Waals surface area contributed by atoms with Crippen molar-refractivity contribution in [1.29, 1.82) is 0 Å². The molecule has 0 aliphatic carbocycles. The van der Waals surface area contributed by atoms with Crippen molar-refractivity contribution in [2.24, 2.45) is 0 Å². The molecule has 6 nitrogen and oxygen atoms in total. The SMILES string of the molecule is CC(=O)N(C(C)C)[C@H](C)c1cc(Cl)sc1N1CCN(C(=O)OC(C)(C)C)CC1. The van der Waals surface area contributed by atoms with E-state index in [1.807, 2.05) is 52.5 Å². The van der Waals surface area contributed by atoms with Crippen LogP contribution in [0.2, 0.25) is 4.34 Å². The Morgan fingerprint density at radius 3 is 2.21 bits per heavy atom. The molecule has 0 aromatic carbocycles. The molecule has 2 amide bonds. The van der Waals surface area contributed by atoms with Crippen LogP contribution in [0.5, 0.6) is 0 Å². The number of anilines is 1. The first kappa shape index (κ1) is 22.8. The fourth-order valence-corrected chi connectivity index (χ4v) is 4.93. The summed E-state index contributed by atoms with van der Waals surface area (Å²) in [7, 11) is 0. The number of halogens is 1. The molecule has 0 N–H and O–H groups in total. The molecule has 0 saturated carbocycles. The molecule has 28 heavy (non-hydrogen) atoms. The summed E-state index contributed by atoms with van der Waals surface area (Å²) in [5, 5.41) is 1.08. The topological polar surface area (TPSA) is 53.1 Å². The molecular formula is C20H32ClN3O3S. The summed E-state index contributed by atoms with van der Waals surface area (Å²) >= 11 is 7.88. The summed E-state index contributed by atoms with van der Waals surface area (Å²) in [5.74, 6) is 0.0468. The lowest BCUT2D eigenvalue weighted by Gasteiger charge is -2.38. The van der Waals surface area contributed by atoms with E-state index in [2.05, 4.69) is 4.90 Å². The summed E-state index contributed by atoms with van der Waals surface area (Å²) in [6.45, 7) is 15.9. The molecule has 1 fully saturated rings. The van der Waals surface area contributed by atoms with Crippen LogP contribution in [0.3, 0.4) is 0 Å². The molecule has 1 aliphatic heterocycles. The standard InChI is InChI=1S/C20H32ClN3O3S/c1-13(2)24(15(4)25)14(3)16-12-17(21)28-18(16)22-8-10-23(11-9-22)19(26)27-20(5,6)7/h12-14H,8-11H2,1-7H3/t14-/m1/s1. The van der Waals surface area contributed by atoms with Gasteiger partial charge in [0.1, 0.15) is 5.60 Å². The number of thiophene rings is 1. The molecule has 2 heterocycles. The Hall–Kier alpha value is -1.47. The zero-order chi connectivity index (χ0) is 21.2. The van der Waals surface area contributed by atoms with Gasteiger partial charge in [-0.2, -0.15) is 0 Å². The fraction of sp³-hybridized carbons (Fsp3) is 0.700. The van der Waals surface area contributed by atoms with Crippen LogP contribution >= 0.6 is 22.9 Å². The first-order chi connectivity index (χ1) is 12.9. The second kappa shape index (κ2) is 8.91. The lowest BCUT2D eigenvalue weighted by molar-refractivity contribution is -0.132. The summed E-state index contributed by atoms with van der Waals surface area (Å²) in [4.78, 5) is 30.3. The van der Waals surface area contributed by atoms with Crippen molar-refractivity contribution in [3.63, 3.8) is 0 Å². The summed E-state index contributed by atoms with van der Waals surface area (Å²) in [6.07, 6.45) is -0.271. The van der Waals surface area contributed by atoms with E-state index in [-0.39, 0.29) is 24.1 Å². The van der Waals surface area contributed by atoms with Gasteiger partial charge in [0, 0.05) is 44.7 Å². The highest BCUT2D eigenvalue weighted by molar-refractivity contribution is 7.20. The minimum absolute atomic E-state index is 0.0468. The number of piperazine rings is 1. The average molecular weight is 430 g/mol. The molecule has 1 aromatic rings. The Bertz CT molecular complexity index is 706. The van der Waals surface area contributed by atoms with Crippen LogP contribution in [0.25, 0.3) is 0 Å². The second-order valence-electron chi connectivity index (χ2n) is 8.46. The summed E-state index contributed by atoms with van der Waals surface area (Å²) in [6, 6.07) is 1.99. The molecule has 0 radical (unpaired) electrons. The summed E-state index contributed by atoms with van der Waals surface area (Å²) < 4.78 is 6.18. The third-order valence-corrected chi connectivity index (χ3v) is 6.06. The van der Waals surface area contributed by atoms with Crippen molar-refractivity contribution in [1.82, 2.24) is 9.80 Å². The van der Waals surface area contributed by atoms with E-state index in [0.29, 0.717) is 30.5 Å². The highest BCUT2D eigenvalue weighted by Gasteiger charge is 2.30. The Morgan fingerprint density at radius 1 is 1.18 bits per heavy atom. The number of rotatable bonds is 4. The minimum atomic E-state index is -0.495. The molecule has 1 saturated heterocycles. The van der Waals surface area contributed by atoms with Crippen LogP contribution in [0.1, 0.15) is 60.1 Å². The van der Waals surface area contributed by atoms with Crippen LogP contribution in [0.4, 0.5) is 9.80 Å². The van der Waals surface area contributed by atoms with E-state index in [4.69, 9.17) is 16.3 Å². The van der Waals surface area contributed by atoms with Crippen LogP contribution in [-0.4, -0.2) is 59.6 Å². The normalized spacial score (nSPS) is 16.3. The van der Waals surface area contributed by atoms with Gasteiger partial charge in [-0.1, -0.05) is 11.6 Å². The number of ether oxygens (including phenoxy) is 1. The van der Waals surface area contributed by atoms with Crippen LogP contribution < -0.4 is 4.90 Å². The van der Waals surface area contributed by atoms with Crippen LogP contribution in [0.15, 0.2) is 6.07 Å². The third-order valence-electron chi connectivity index (χ3n) is 4.72. The zero-order valence-electron chi connectivity index (χ0n) is 17.9. The van der Waals surface area contributed by atoms with Crippen LogP contribution in [-0.2, 0) is 9.53 Å². The Kier molecular flexibility index (Phi) is 7.26. The van der Waals surface area contributed by atoms with Gasteiger partial charge >= 0.3 is 6.09 Å². The van der Waals surface area contributed by atoms with E-state index >= 15 is 0 Å². The van der Waals surface area contributed by atoms with Crippen molar-refractivity contribution >= 4 is 39.9 Å². The predicted molar refractivity (Wildman–Crippen MR) is 115 cm³/mol. The molecule has 1 aromatic heterocycles. The number of carbonyl (C=O) groups is 2. The highest BCUT2D eigenvalue weighted by Crippen LogP contribution is 2.41. The maximum atomic E-state index is 12.3. The lowest BCUT2D eigenvalue weighted by Crippen LogP contribution is -2.50. The van der Waals surface area contributed by atoms with Gasteiger partial charge in [0.2, 0.25) is 5.91 Å². The first-order valence-electron chi connectivity index (χ1n) is 9.71. The van der Waals surface area contributed by atoms with Gasteiger partial charge in [-0.3, -0.25) is 4.79 Å². The highest BCUT2D eigenvalue weighted by atomic mass is 35.5. The molecule has 2 rings (SSSR count). The number of nitrogens with zero attached hydrogens (tertiary/aromatic N) is 3. The Labute approximate surface area is 177 Å². The van der Waals surface area contributed by atoms with Crippen molar-refractivity contribution in [3.05, 3.63) is 16.0 Å².